The van der Waals surface area contributed by atoms with Crippen molar-refractivity contribution in [1.29, 1.82) is 0 Å². The highest BCUT2D eigenvalue weighted by Crippen LogP contribution is 1.95. The third-order valence-corrected chi connectivity index (χ3v) is 0.767. The zero-order valence-corrected chi connectivity index (χ0v) is 6.93. The van der Waals surface area contributed by atoms with Crippen molar-refractivity contribution >= 4 is 11.9 Å². The molecule has 0 saturated carbocycles. The minimum Gasteiger partial charge on any atom is -0.481 e. The van der Waals surface area contributed by atoms with Gasteiger partial charge in [0.2, 0.25) is 0 Å². The van der Waals surface area contributed by atoms with Crippen LogP contribution >= 0.6 is 0 Å². The molecule has 0 bridgehead atoms. The summed E-state index contributed by atoms with van der Waals surface area (Å²) < 4.78 is 0. The van der Waals surface area contributed by atoms with Gasteiger partial charge in [-0.1, -0.05) is 6.58 Å². The summed E-state index contributed by atoms with van der Waals surface area (Å²) in [4.78, 5) is 19.7. The van der Waals surface area contributed by atoms with Gasteiger partial charge in [-0.25, -0.2) is 4.79 Å². The average Bonchev–Trinajstić information content (AvgIpc) is 2.03. The number of carboxylic acid groups (broad SMARTS) is 2. The van der Waals surface area contributed by atoms with Crippen molar-refractivity contribution in [3.05, 3.63) is 12.2 Å². The minimum atomic E-state index is -1.27. The van der Waals surface area contributed by atoms with E-state index in [1.165, 1.54) is 0 Å². The lowest BCUT2D eigenvalue weighted by Gasteiger charge is -1.91. The van der Waals surface area contributed by atoms with Gasteiger partial charge in [-0.3, -0.25) is 4.79 Å². The molecule has 6 nitrogen and oxygen atoms in total. The highest BCUT2D eigenvalue weighted by Gasteiger charge is 2.07. The van der Waals surface area contributed by atoms with Gasteiger partial charge in [0.25, 0.3) is 0 Å². The van der Waals surface area contributed by atoms with Crippen molar-refractivity contribution in [2.24, 2.45) is 0 Å². The second kappa shape index (κ2) is 8.69. The van der Waals surface area contributed by atoms with Crippen LogP contribution in [0.4, 0.5) is 0 Å². The number of hydrogen-bond donors (Lipinski definition) is 4. The quantitative estimate of drug-likeness (QED) is 0.428. The summed E-state index contributed by atoms with van der Waals surface area (Å²) in [5, 5.41) is 31.3. The third-order valence-electron chi connectivity index (χ3n) is 0.767. The first kappa shape index (κ1) is 14.1. The predicted octanol–water partition coefficient (Wildman–Crippen LogP) is -0.927. The Morgan fingerprint density at radius 1 is 1.08 bits per heavy atom. The molecule has 0 spiro atoms. The molecule has 0 amide bonds. The first-order valence-electron chi connectivity index (χ1n) is 3.30. The van der Waals surface area contributed by atoms with E-state index in [0.29, 0.717) is 0 Å². The van der Waals surface area contributed by atoms with Crippen molar-refractivity contribution in [1.82, 2.24) is 0 Å². The third kappa shape index (κ3) is 13.6. The highest BCUT2D eigenvalue weighted by atomic mass is 16.4. The van der Waals surface area contributed by atoms with E-state index in [9.17, 15) is 9.59 Å². The molecule has 0 fully saturated rings. The van der Waals surface area contributed by atoms with Crippen molar-refractivity contribution in [2.75, 3.05) is 13.2 Å². The maximum atomic E-state index is 9.87. The topological polar surface area (TPSA) is 115 Å². The number of aliphatic hydroxyl groups is 2. The summed E-state index contributed by atoms with van der Waals surface area (Å²) in [7, 11) is 0. The summed E-state index contributed by atoms with van der Waals surface area (Å²) in [5.74, 6) is -2.44. The number of aliphatic hydroxyl groups excluding tert-OH is 2. The van der Waals surface area contributed by atoms with Crippen LogP contribution in [0.2, 0.25) is 0 Å². The van der Waals surface area contributed by atoms with E-state index in [1.54, 1.807) is 0 Å². The SMILES string of the molecule is C=C(CC(=O)O)C(=O)O.OCCO. The van der Waals surface area contributed by atoms with Crippen LogP contribution in [0.25, 0.3) is 0 Å². The van der Waals surface area contributed by atoms with E-state index >= 15 is 0 Å². The lowest BCUT2D eigenvalue weighted by atomic mass is 10.2. The van der Waals surface area contributed by atoms with Crippen LogP contribution in [0.3, 0.4) is 0 Å². The predicted molar refractivity (Wildman–Crippen MR) is 43.2 cm³/mol. The molecule has 6 heteroatoms. The Bertz CT molecular complexity index is 183. The summed E-state index contributed by atoms with van der Waals surface area (Å²) in [6.45, 7) is 2.76. The molecular weight excluding hydrogens is 180 g/mol. The molecule has 0 heterocycles. The summed E-state index contributed by atoms with van der Waals surface area (Å²) in [6, 6.07) is 0. The summed E-state index contributed by atoms with van der Waals surface area (Å²) in [6.07, 6.45) is -0.505. The normalized spacial score (nSPS) is 8.15. The smallest absolute Gasteiger partial charge is 0.331 e. The number of carbonyl (C=O) groups is 2. The standard InChI is InChI=1S/C5H6O4.C2H6O2/c1-3(5(8)9)2-4(6)7;3-1-2-4/h1-2H2,(H,6,7)(H,8,9);3-4H,1-2H2. The van der Waals surface area contributed by atoms with Crippen molar-refractivity contribution < 1.29 is 30.0 Å². The first-order chi connectivity index (χ1) is 5.95. The molecule has 0 rings (SSSR count). The lowest BCUT2D eigenvalue weighted by molar-refractivity contribution is -0.139. The second-order valence-corrected chi connectivity index (χ2v) is 1.93. The molecule has 0 aromatic carbocycles. The molecule has 0 aliphatic rings. The molecule has 0 atom stereocenters. The van der Waals surface area contributed by atoms with E-state index in [4.69, 9.17) is 20.4 Å². The number of carboxylic acids is 2. The maximum Gasteiger partial charge on any atom is 0.331 e. The monoisotopic (exact) mass is 192 g/mol. The zero-order chi connectivity index (χ0) is 10.9. The molecule has 0 aromatic heterocycles. The van der Waals surface area contributed by atoms with Crippen LogP contribution in [0.1, 0.15) is 6.42 Å². The van der Waals surface area contributed by atoms with E-state index in [1.807, 2.05) is 0 Å². The van der Waals surface area contributed by atoms with Gasteiger partial charge in [0.1, 0.15) is 0 Å². The van der Waals surface area contributed by atoms with Crippen molar-refractivity contribution in [2.45, 2.75) is 6.42 Å². The van der Waals surface area contributed by atoms with Crippen LogP contribution in [-0.2, 0) is 9.59 Å². The van der Waals surface area contributed by atoms with Gasteiger partial charge in [-0.15, -0.1) is 0 Å². The zero-order valence-electron chi connectivity index (χ0n) is 6.93. The first-order valence-corrected chi connectivity index (χ1v) is 3.30. The van der Waals surface area contributed by atoms with E-state index < -0.39 is 18.4 Å². The van der Waals surface area contributed by atoms with Gasteiger partial charge >= 0.3 is 11.9 Å². The fourth-order valence-corrected chi connectivity index (χ4v) is 0.258. The van der Waals surface area contributed by atoms with Crippen molar-refractivity contribution in [3.63, 3.8) is 0 Å². The lowest BCUT2D eigenvalue weighted by Crippen LogP contribution is -2.04. The Labute approximate surface area is 74.7 Å². The van der Waals surface area contributed by atoms with E-state index in [0.717, 1.165) is 0 Å². The van der Waals surface area contributed by atoms with Gasteiger partial charge < -0.3 is 20.4 Å². The van der Waals surface area contributed by atoms with E-state index in [-0.39, 0.29) is 18.8 Å². The number of rotatable bonds is 4. The maximum absolute atomic E-state index is 9.87. The van der Waals surface area contributed by atoms with Crippen LogP contribution in [0, 0.1) is 0 Å². The molecule has 0 aliphatic carbocycles. The van der Waals surface area contributed by atoms with Crippen molar-refractivity contribution in [3.8, 4) is 0 Å². The summed E-state index contributed by atoms with van der Waals surface area (Å²) >= 11 is 0. The Hall–Kier alpha value is -1.40. The van der Waals surface area contributed by atoms with Gasteiger partial charge in [0.15, 0.2) is 0 Å². The molecule has 0 unspecified atom stereocenters. The van der Waals surface area contributed by atoms with Gasteiger partial charge in [0, 0.05) is 5.57 Å². The van der Waals surface area contributed by atoms with Gasteiger partial charge in [-0.05, 0) is 0 Å². The molecule has 0 radical (unpaired) electrons. The molecule has 0 aromatic rings. The molecule has 4 N–H and O–H groups in total. The second-order valence-electron chi connectivity index (χ2n) is 1.93. The molecule has 0 aliphatic heterocycles. The Kier molecular flexibility index (Phi) is 9.46. The molecule has 0 saturated heterocycles. The molecule has 76 valence electrons. The average molecular weight is 192 g/mol. The Balaban J connectivity index is 0. The van der Waals surface area contributed by atoms with Gasteiger partial charge in [0.05, 0.1) is 19.6 Å². The number of hydrogen-bond acceptors (Lipinski definition) is 4. The summed E-state index contributed by atoms with van der Waals surface area (Å²) in [5.41, 5.74) is -0.303. The number of aliphatic carboxylic acids is 2. The highest BCUT2D eigenvalue weighted by molar-refractivity contribution is 5.91. The van der Waals surface area contributed by atoms with Crippen LogP contribution in [0.15, 0.2) is 12.2 Å². The fourth-order valence-electron chi connectivity index (χ4n) is 0.258. The Morgan fingerprint density at radius 2 is 1.46 bits per heavy atom. The molecular formula is C7H12O6. The van der Waals surface area contributed by atoms with Crippen LogP contribution < -0.4 is 0 Å². The largest absolute Gasteiger partial charge is 0.481 e. The van der Waals surface area contributed by atoms with Crippen LogP contribution in [0.5, 0.6) is 0 Å². The van der Waals surface area contributed by atoms with Crippen LogP contribution in [-0.4, -0.2) is 45.6 Å². The fraction of sp³-hybridized carbons (Fsp3) is 0.429. The van der Waals surface area contributed by atoms with Gasteiger partial charge in [-0.2, -0.15) is 0 Å². The molecule has 13 heavy (non-hydrogen) atoms. The minimum absolute atomic E-state index is 0.125. The van der Waals surface area contributed by atoms with E-state index in [2.05, 4.69) is 6.58 Å². The Morgan fingerprint density at radius 3 is 1.54 bits per heavy atom.